The van der Waals surface area contributed by atoms with Gasteiger partial charge in [0.1, 0.15) is 0 Å². The number of nitrogens with zero attached hydrogens (tertiary/aromatic N) is 4. The minimum atomic E-state index is 0. The molecule has 1 unspecified atom stereocenters. The number of aryl methyl sites for hydroxylation is 1. The second-order valence-corrected chi connectivity index (χ2v) is 6.20. The third-order valence-electron chi connectivity index (χ3n) is 4.19. The number of guanidine groups is 1. The van der Waals surface area contributed by atoms with Gasteiger partial charge in [0.2, 0.25) is 5.89 Å². The Morgan fingerprint density at radius 3 is 2.52 bits per heavy atom. The van der Waals surface area contributed by atoms with E-state index in [-0.39, 0.29) is 30.0 Å². The van der Waals surface area contributed by atoms with E-state index in [1.165, 1.54) is 0 Å². The quantitative estimate of drug-likeness (QED) is 0.325. The van der Waals surface area contributed by atoms with E-state index in [2.05, 4.69) is 50.6 Å². The monoisotopic (exact) mass is 506 g/mol. The van der Waals surface area contributed by atoms with Crippen LogP contribution in [0.4, 0.5) is 0 Å². The van der Waals surface area contributed by atoms with Crippen molar-refractivity contribution in [2.24, 2.45) is 4.99 Å². The maximum absolute atomic E-state index is 6.44. The fourth-order valence-electron chi connectivity index (χ4n) is 2.84. The molecular weight excluding hydrogens is 479 g/mol. The van der Waals surface area contributed by atoms with Crippen molar-refractivity contribution in [3.63, 3.8) is 0 Å². The highest BCUT2D eigenvalue weighted by Gasteiger charge is 2.20. The average molecular weight is 507 g/mol. The summed E-state index contributed by atoms with van der Waals surface area (Å²) in [4.78, 5) is 10.8. The molecule has 9 heteroatoms. The third kappa shape index (κ3) is 6.93. The van der Waals surface area contributed by atoms with E-state index in [9.17, 15) is 0 Å². The van der Waals surface area contributed by atoms with Gasteiger partial charge in [-0.05, 0) is 24.7 Å². The van der Waals surface area contributed by atoms with Crippen LogP contribution >= 0.6 is 35.6 Å². The highest BCUT2D eigenvalue weighted by Crippen LogP contribution is 2.26. The first kappa shape index (κ1) is 23.6. The van der Waals surface area contributed by atoms with Crippen LogP contribution in [-0.2, 0) is 6.54 Å². The molecule has 2 aromatic rings. The molecule has 2 N–H and O–H groups in total. The molecule has 0 aliphatic carbocycles. The van der Waals surface area contributed by atoms with Gasteiger partial charge in [0.05, 0.1) is 12.6 Å². The maximum atomic E-state index is 6.44. The number of likely N-dealkylation sites (N-methyl/N-ethyl adjacent to an activating group) is 1. The second-order valence-electron chi connectivity index (χ2n) is 5.79. The fourth-order valence-corrected chi connectivity index (χ4v) is 3.10. The number of halogens is 2. The third-order valence-corrected chi connectivity index (χ3v) is 4.53. The Morgan fingerprint density at radius 1 is 1.26 bits per heavy atom. The molecule has 0 radical (unpaired) electrons. The van der Waals surface area contributed by atoms with Crippen molar-refractivity contribution in [2.45, 2.75) is 33.4 Å². The van der Waals surface area contributed by atoms with Crippen molar-refractivity contribution < 1.29 is 4.52 Å². The molecule has 150 valence electrons. The first-order valence-corrected chi connectivity index (χ1v) is 9.19. The van der Waals surface area contributed by atoms with E-state index >= 15 is 0 Å². The molecule has 1 heterocycles. The molecule has 7 nitrogen and oxygen atoms in total. The van der Waals surface area contributed by atoms with Crippen LogP contribution in [0.25, 0.3) is 0 Å². The van der Waals surface area contributed by atoms with Gasteiger partial charge in [0.15, 0.2) is 11.8 Å². The number of aliphatic imine (C=N–C) groups is 1. The summed E-state index contributed by atoms with van der Waals surface area (Å²) in [6.45, 7) is 9.06. The zero-order chi connectivity index (χ0) is 18.9. The van der Waals surface area contributed by atoms with Crippen molar-refractivity contribution in [2.75, 3.05) is 26.7 Å². The van der Waals surface area contributed by atoms with Crippen LogP contribution in [0.1, 0.15) is 37.2 Å². The molecule has 0 amide bonds. The molecule has 1 atom stereocenters. The Balaban J connectivity index is 0.00000364. The molecule has 27 heavy (non-hydrogen) atoms. The molecule has 0 saturated carbocycles. The standard InChI is InChI=1S/C18H27ClN6O.HI/c1-5-25(6-2)16(14-9-7-8-10-15(14)19)11-21-18(20-4)22-12-17-23-13(3)26-24-17;/h7-10,16H,5-6,11-12H2,1-4H3,(H2,20,21,22);1H. The minimum absolute atomic E-state index is 0. The summed E-state index contributed by atoms with van der Waals surface area (Å²) in [6, 6.07) is 8.12. The summed E-state index contributed by atoms with van der Waals surface area (Å²) in [5, 5.41) is 11.2. The smallest absolute Gasteiger partial charge is 0.223 e. The zero-order valence-corrected chi connectivity index (χ0v) is 19.3. The summed E-state index contributed by atoms with van der Waals surface area (Å²) in [6.07, 6.45) is 0. The van der Waals surface area contributed by atoms with E-state index in [1.807, 2.05) is 18.2 Å². The Labute approximate surface area is 183 Å². The van der Waals surface area contributed by atoms with Gasteiger partial charge in [-0.15, -0.1) is 24.0 Å². The van der Waals surface area contributed by atoms with Gasteiger partial charge < -0.3 is 15.2 Å². The van der Waals surface area contributed by atoms with Gasteiger partial charge in [-0.25, -0.2) is 0 Å². The lowest BCUT2D eigenvalue weighted by Gasteiger charge is -2.31. The minimum Gasteiger partial charge on any atom is -0.354 e. The number of nitrogens with one attached hydrogen (secondary N) is 2. The largest absolute Gasteiger partial charge is 0.354 e. The zero-order valence-electron chi connectivity index (χ0n) is 16.2. The topological polar surface area (TPSA) is 78.6 Å². The molecule has 0 bridgehead atoms. The van der Waals surface area contributed by atoms with E-state index < -0.39 is 0 Å². The second kappa shape index (κ2) is 12.1. The summed E-state index contributed by atoms with van der Waals surface area (Å²) < 4.78 is 4.98. The first-order valence-electron chi connectivity index (χ1n) is 8.81. The first-order chi connectivity index (χ1) is 12.6. The van der Waals surface area contributed by atoms with Crippen molar-refractivity contribution in [3.8, 4) is 0 Å². The summed E-state index contributed by atoms with van der Waals surface area (Å²) in [5.74, 6) is 1.82. The summed E-state index contributed by atoms with van der Waals surface area (Å²) in [7, 11) is 1.73. The van der Waals surface area contributed by atoms with Crippen LogP contribution in [0.3, 0.4) is 0 Å². The number of hydrogen-bond acceptors (Lipinski definition) is 5. The van der Waals surface area contributed by atoms with Crippen molar-refractivity contribution in [3.05, 3.63) is 46.6 Å². The van der Waals surface area contributed by atoms with Crippen molar-refractivity contribution in [1.82, 2.24) is 25.7 Å². The molecule has 0 fully saturated rings. The van der Waals surface area contributed by atoms with Gasteiger partial charge in [-0.2, -0.15) is 4.98 Å². The molecule has 0 aliphatic rings. The van der Waals surface area contributed by atoms with E-state index in [1.54, 1.807) is 14.0 Å². The van der Waals surface area contributed by atoms with E-state index in [0.29, 0.717) is 30.8 Å². The SMILES string of the molecule is CCN(CC)C(CNC(=NC)NCc1noc(C)n1)c1ccccc1Cl.I. The van der Waals surface area contributed by atoms with Crippen LogP contribution in [0.2, 0.25) is 5.02 Å². The van der Waals surface area contributed by atoms with Gasteiger partial charge in [0.25, 0.3) is 0 Å². The number of benzene rings is 1. The van der Waals surface area contributed by atoms with Gasteiger partial charge in [-0.1, -0.05) is 48.8 Å². The highest BCUT2D eigenvalue weighted by molar-refractivity contribution is 14.0. The predicted octanol–water partition coefficient (Wildman–Crippen LogP) is 3.40. The highest BCUT2D eigenvalue weighted by atomic mass is 127. The van der Waals surface area contributed by atoms with Crippen molar-refractivity contribution >= 4 is 41.5 Å². The average Bonchev–Trinajstić information content (AvgIpc) is 3.07. The maximum Gasteiger partial charge on any atom is 0.223 e. The number of hydrogen-bond donors (Lipinski definition) is 2. The van der Waals surface area contributed by atoms with Crippen molar-refractivity contribution in [1.29, 1.82) is 0 Å². The predicted molar refractivity (Wildman–Crippen MR) is 120 cm³/mol. The Hall–Kier alpha value is -1.39. The molecule has 1 aromatic heterocycles. The van der Waals surface area contributed by atoms with Crippen LogP contribution in [0.15, 0.2) is 33.8 Å². The lowest BCUT2D eigenvalue weighted by Crippen LogP contribution is -2.43. The van der Waals surface area contributed by atoms with Crippen LogP contribution in [-0.4, -0.2) is 47.7 Å². The molecule has 0 saturated heterocycles. The molecule has 1 aromatic carbocycles. The molecule has 0 aliphatic heterocycles. The number of aromatic nitrogens is 2. The normalized spacial score (nSPS) is 12.6. The molecular formula is C18H28ClIN6O. The van der Waals surface area contributed by atoms with Crippen LogP contribution in [0, 0.1) is 6.92 Å². The van der Waals surface area contributed by atoms with E-state index in [4.69, 9.17) is 16.1 Å². The fraction of sp³-hybridized carbons (Fsp3) is 0.500. The lowest BCUT2D eigenvalue weighted by atomic mass is 10.0. The summed E-state index contributed by atoms with van der Waals surface area (Å²) in [5.41, 5.74) is 1.11. The number of rotatable bonds is 8. The lowest BCUT2D eigenvalue weighted by molar-refractivity contribution is 0.219. The Bertz CT molecular complexity index is 719. The van der Waals surface area contributed by atoms with E-state index in [0.717, 1.165) is 23.7 Å². The van der Waals surface area contributed by atoms with Gasteiger partial charge in [0, 0.05) is 25.5 Å². The van der Waals surface area contributed by atoms with Gasteiger partial charge in [-0.3, -0.25) is 9.89 Å². The van der Waals surface area contributed by atoms with Gasteiger partial charge >= 0.3 is 0 Å². The summed E-state index contributed by atoms with van der Waals surface area (Å²) >= 11 is 6.44. The Kier molecular flexibility index (Phi) is 10.6. The van der Waals surface area contributed by atoms with Crippen LogP contribution < -0.4 is 10.6 Å². The molecule has 2 rings (SSSR count). The molecule has 0 spiro atoms. The van der Waals surface area contributed by atoms with Crippen LogP contribution in [0.5, 0.6) is 0 Å². The Morgan fingerprint density at radius 2 is 1.96 bits per heavy atom.